The van der Waals surface area contributed by atoms with Gasteiger partial charge >= 0.3 is 0 Å². The Kier molecular flexibility index (Phi) is 6.64. The van der Waals surface area contributed by atoms with Crippen molar-refractivity contribution < 1.29 is 14.4 Å². The minimum absolute atomic E-state index is 0.188. The Hall–Kier alpha value is -3.35. The summed E-state index contributed by atoms with van der Waals surface area (Å²) in [5, 5.41) is 3.98. The second kappa shape index (κ2) is 8.77. The monoisotopic (exact) mass is 396 g/mol. The summed E-state index contributed by atoms with van der Waals surface area (Å²) in [6.07, 6.45) is 0. The summed E-state index contributed by atoms with van der Waals surface area (Å²) in [4.78, 5) is 38.8. The first-order valence-electron chi connectivity index (χ1n) is 9.29. The highest BCUT2D eigenvalue weighted by Gasteiger charge is 2.29. The fourth-order valence-corrected chi connectivity index (χ4v) is 2.63. The molecule has 0 heterocycles. The maximum Gasteiger partial charge on any atom is 0.272 e. The van der Waals surface area contributed by atoms with E-state index in [2.05, 4.69) is 10.7 Å². The first-order valence-corrected chi connectivity index (χ1v) is 9.29. The molecule has 2 aromatic rings. The Labute approximate surface area is 171 Å². The molecule has 0 saturated heterocycles. The standard InChI is InChI=1S/C22H28N4O3/c1-15(27)23-18-11-7-16(8-12-18)20(28)24-26(22(2,3)4)21(29)17-9-13-19(14-10-17)25(5)6/h7-14H,1-6H3,(H,23,27)(H,24,28). The zero-order chi connectivity index (χ0) is 21.8. The number of carbonyl (C=O) groups is 3. The minimum Gasteiger partial charge on any atom is -0.378 e. The van der Waals surface area contributed by atoms with Crippen LogP contribution < -0.4 is 15.6 Å². The number of hydrogen-bond acceptors (Lipinski definition) is 4. The van der Waals surface area contributed by atoms with E-state index in [0.717, 1.165) is 5.69 Å². The van der Waals surface area contributed by atoms with Gasteiger partial charge in [-0.05, 0) is 69.3 Å². The Bertz CT molecular complexity index is 882. The number of nitrogens with one attached hydrogen (secondary N) is 2. The molecule has 0 aliphatic rings. The average Bonchev–Trinajstić information content (AvgIpc) is 2.64. The maximum absolute atomic E-state index is 13.1. The van der Waals surface area contributed by atoms with Crippen LogP contribution in [0.15, 0.2) is 48.5 Å². The molecule has 7 nitrogen and oxygen atoms in total. The number of rotatable bonds is 4. The van der Waals surface area contributed by atoms with Gasteiger partial charge in [-0.1, -0.05) is 0 Å². The van der Waals surface area contributed by atoms with E-state index in [1.54, 1.807) is 36.4 Å². The van der Waals surface area contributed by atoms with Crippen LogP contribution in [-0.4, -0.2) is 42.4 Å². The van der Waals surface area contributed by atoms with Crippen molar-refractivity contribution in [3.05, 3.63) is 59.7 Å². The molecule has 0 bridgehead atoms. The number of hydrazine groups is 1. The topological polar surface area (TPSA) is 81.8 Å². The lowest BCUT2D eigenvalue weighted by molar-refractivity contribution is -0.114. The Balaban J connectivity index is 2.21. The molecule has 7 heteroatoms. The predicted molar refractivity (Wildman–Crippen MR) is 115 cm³/mol. The lowest BCUT2D eigenvalue weighted by Crippen LogP contribution is -2.55. The van der Waals surface area contributed by atoms with Crippen molar-refractivity contribution in [1.82, 2.24) is 10.4 Å². The van der Waals surface area contributed by atoms with Crippen molar-refractivity contribution in [3.8, 4) is 0 Å². The molecule has 0 saturated carbocycles. The first-order chi connectivity index (χ1) is 13.5. The molecule has 0 aliphatic heterocycles. The van der Waals surface area contributed by atoms with E-state index in [1.807, 2.05) is 51.9 Å². The van der Waals surface area contributed by atoms with Gasteiger partial charge < -0.3 is 10.2 Å². The van der Waals surface area contributed by atoms with Gasteiger partial charge in [0.15, 0.2) is 0 Å². The van der Waals surface area contributed by atoms with Crippen molar-refractivity contribution in [2.24, 2.45) is 0 Å². The predicted octanol–water partition coefficient (Wildman–Crippen LogP) is 3.30. The normalized spacial score (nSPS) is 10.8. The molecule has 2 aromatic carbocycles. The molecule has 2 N–H and O–H groups in total. The van der Waals surface area contributed by atoms with E-state index < -0.39 is 11.4 Å². The first kappa shape index (κ1) is 21.9. The second-order valence-corrected chi connectivity index (χ2v) is 7.95. The molecule has 0 aromatic heterocycles. The number of amides is 3. The summed E-state index contributed by atoms with van der Waals surface area (Å²) in [6, 6.07) is 13.7. The second-order valence-electron chi connectivity index (χ2n) is 7.95. The number of hydrogen-bond donors (Lipinski definition) is 2. The number of benzene rings is 2. The van der Waals surface area contributed by atoms with Crippen molar-refractivity contribution >= 4 is 29.1 Å². The highest BCUT2D eigenvalue weighted by molar-refractivity contribution is 6.00. The van der Waals surface area contributed by atoms with Crippen LogP contribution in [0.25, 0.3) is 0 Å². The van der Waals surface area contributed by atoms with Gasteiger partial charge in [-0.25, -0.2) is 5.01 Å². The van der Waals surface area contributed by atoms with Crippen LogP contribution in [0.5, 0.6) is 0 Å². The third-order valence-corrected chi connectivity index (χ3v) is 4.19. The Morgan fingerprint density at radius 3 is 1.79 bits per heavy atom. The molecule has 0 atom stereocenters. The summed E-state index contributed by atoms with van der Waals surface area (Å²) in [5.74, 6) is -0.898. The van der Waals surface area contributed by atoms with Gasteiger partial charge in [0.05, 0.1) is 5.54 Å². The average molecular weight is 396 g/mol. The molecular formula is C22H28N4O3. The van der Waals surface area contributed by atoms with E-state index in [-0.39, 0.29) is 11.8 Å². The summed E-state index contributed by atoms with van der Waals surface area (Å²) < 4.78 is 0. The molecule has 0 radical (unpaired) electrons. The van der Waals surface area contributed by atoms with E-state index in [4.69, 9.17) is 0 Å². The molecule has 154 valence electrons. The smallest absolute Gasteiger partial charge is 0.272 e. The van der Waals surface area contributed by atoms with E-state index in [1.165, 1.54) is 11.9 Å². The van der Waals surface area contributed by atoms with Crippen LogP contribution >= 0.6 is 0 Å². The lowest BCUT2D eigenvalue weighted by Gasteiger charge is -2.35. The van der Waals surface area contributed by atoms with Gasteiger partial charge in [0.1, 0.15) is 0 Å². The van der Waals surface area contributed by atoms with E-state index in [0.29, 0.717) is 16.8 Å². The Morgan fingerprint density at radius 2 is 1.34 bits per heavy atom. The molecule has 0 spiro atoms. The van der Waals surface area contributed by atoms with Crippen LogP contribution in [-0.2, 0) is 4.79 Å². The molecular weight excluding hydrogens is 368 g/mol. The summed E-state index contributed by atoms with van der Waals surface area (Å²) in [6.45, 7) is 6.95. The largest absolute Gasteiger partial charge is 0.378 e. The van der Waals surface area contributed by atoms with Crippen LogP contribution in [0.3, 0.4) is 0 Å². The van der Waals surface area contributed by atoms with E-state index in [9.17, 15) is 14.4 Å². The van der Waals surface area contributed by atoms with Crippen molar-refractivity contribution in [2.75, 3.05) is 24.3 Å². The fourth-order valence-electron chi connectivity index (χ4n) is 2.63. The third-order valence-electron chi connectivity index (χ3n) is 4.19. The van der Waals surface area contributed by atoms with Crippen molar-refractivity contribution in [2.45, 2.75) is 33.2 Å². The molecule has 29 heavy (non-hydrogen) atoms. The molecule has 0 aliphatic carbocycles. The quantitative estimate of drug-likeness (QED) is 0.777. The van der Waals surface area contributed by atoms with Crippen molar-refractivity contribution in [1.29, 1.82) is 0 Å². The summed E-state index contributed by atoms with van der Waals surface area (Å²) >= 11 is 0. The van der Waals surface area contributed by atoms with Crippen molar-refractivity contribution in [3.63, 3.8) is 0 Å². The highest BCUT2D eigenvalue weighted by Crippen LogP contribution is 2.19. The van der Waals surface area contributed by atoms with Gasteiger partial charge in [0, 0.05) is 43.5 Å². The fraction of sp³-hybridized carbons (Fsp3) is 0.318. The van der Waals surface area contributed by atoms with Gasteiger partial charge in [0.2, 0.25) is 5.91 Å². The van der Waals surface area contributed by atoms with Gasteiger partial charge in [-0.2, -0.15) is 0 Å². The number of nitrogens with zero attached hydrogens (tertiary/aromatic N) is 2. The van der Waals surface area contributed by atoms with E-state index >= 15 is 0 Å². The maximum atomic E-state index is 13.1. The zero-order valence-electron chi connectivity index (χ0n) is 17.7. The molecule has 2 rings (SSSR count). The SMILES string of the molecule is CC(=O)Nc1ccc(C(=O)NN(C(=O)c2ccc(N(C)C)cc2)C(C)(C)C)cc1. The minimum atomic E-state index is -0.636. The van der Waals surface area contributed by atoms with Gasteiger partial charge in [-0.3, -0.25) is 19.8 Å². The number of anilines is 2. The van der Waals surface area contributed by atoms with Crippen LogP contribution in [0.2, 0.25) is 0 Å². The van der Waals surface area contributed by atoms with Crippen LogP contribution in [0, 0.1) is 0 Å². The molecule has 0 fully saturated rings. The Morgan fingerprint density at radius 1 is 0.828 bits per heavy atom. The highest BCUT2D eigenvalue weighted by atomic mass is 16.2. The van der Waals surface area contributed by atoms with Crippen LogP contribution in [0.4, 0.5) is 11.4 Å². The third kappa shape index (κ3) is 5.81. The molecule has 3 amide bonds. The number of carbonyl (C=O) groups excluding carboxylic acids is 3. The zero-order valence-corrected chi connectivity index (χ0v) is 17.7. The van der Waals surface area contributed by atoms with Gasteiger partial charge in [-0.15, -0.1) is 0 Å². The van der Waals surface area contributed by atoms with Gasteiger partial charge in [0.25, 0.3) is 11.8 Å². The van der Waals surface area contributed by atoms with Crippen LogP contribution in [0.1, 0.15) is 48.4 Å². The summed E-state index contributed by atoms with van der Waals surface area (Å²) in [7, 11) is 3.85. The lowest BCUT2D eigenvalue weighted by atomic mass is 10.1. The summed E-state index contributed by atoms with van der Waals surface area (Å²) in [5.41, 5.74) is 4.51. The molecule has 0 unspecified atom stereocenters.